The fourth-order valence-corrected chi connectivity index (χ4v) is 8.80. The van der Waals surface area contributed by atoms with Crippen LogP contribution in [0.5, 0.6) is 0 Å². The molecule has 1 N–H and O–H groups in total. The van der Waals surface area contributed by atoms with Crippen molar-refractivity contribution in [3.63, 3.8) is 0 Å². The van der Waals surface area contributed by atoms with E-state index in [0.29, 0.717) is 24.4 Å². The van der Waals surface area contributed by atoms with Crippen LogP contribution in [0.3, 0.4) is 0 Å². The molecule has 0 aliphatic heterocycles. The lowest BCUT2D eigenvalue weighted by molar-refractivity contribution is 0.177. The van der Waals surface area contributed by atoms with Gasteiger partial charge in [0.15, 0.2) is 6.71 Å². The molecule has 4 aromatic rings. The van der Waals surface area contributed by atoms with Crippen LogP contribution in [-0.4, -0.2) is 11.8 Å². The Hall–Kier alpha value is -3.10. The van der Waals surface area contributed by atoms with Crippen molar-refractivity contribution in [3.8, 4) is 0 Å². The maximum atomic E-state index is 10.1. The van der Waals surface area contributed by atoms with E-state index in [4.69, 9.17) is 0 Å². The SMILES string of the molecule is CCC(C)C(C)(C)CC(c1ccccc1)C(C)(C)B(C)C(c1ccc(C(C)(C)C)cc1)C(C)(C)CC(c1ccccc1)c1cccc(CO)c1. The summed E-state index contributed by atoms with van der Waals surface area (Å²) in [5.74, 6) is 1.55. The maximum Gasteiger partial charge on any atom is 0.152 e. The van der Waals surface area contributed by atoms with Gasteiger partial charge >= 0.3 is 0 Å². The molecule has 0 fully saturated rings. The summed E-state index contributed by atoms with van der Waals surface area (Å²) in [5.41, 5.74) is 8.11. The predicted octanol–water partition coefficient (Wildman–Crippen LogP) is 13.5. The standard InChI is InChI=1S/C48H67BO/c1-13-35(2)46(6,7)33-43(38-24-18-15-19-25-38)48(10,11)49(12)44(39-27-29-41(30-28-39)45(3,4)5)47(8,9)32-42(37-22-16-14-17-23-37)40-26-20-21-36(31-40)34-50/h14-31,35,42-44,50H,13,32-34H2,1-12H3. The molecule has 0 aromatic heterocycles. The molecule has 0 amide bonds. The van der Waals surface area contributed by atoms with Gasteiger partial charge in [-0.1, -0.05) is 204 Å². The number of hydrogen-bond acceptors (Lipinski definition) is 1. The van der Waals surface area contributed by atoms with Crippen LogP contribution >= 0.6 is 0 Å². The van der Waals surface area contributed by atoms with Crippen molar-refractivity contribution in [2.75, 3.05) is 0 Å². The zero-order valence-electron chi connectivity index (χ0n) is 33.6. The molecule has 268 valence electrons. The van der Waals surface area contributed by atoms with Crippen molar-refractivity contribution in [1.82, 2.24) is 0 Å². The third kappa shape index (κ3) is 9.22. The van der Waals surface area contributed by atoms with Crippen molar-refractivity contribution in [3.05, 3.63) is 143 Å². The number of aliphatic hydroxyl groups excluding tert-OH is 1. The summed E-state index contributed by atoms with van der Waals surface area (Å²) >= 11 is 0. The highest BCUT2D eigenvalue weighted by atomic mass is 16.3. The second-order valence-electron chi connectivity index (χ2n) is 18.5. The Labute approximate surface area is 307 Å². The molecule has 2 heteroatoms. The smallest absolute Gasteiger partial charge is 0.152 e. The molecule has 0 spiro atoms. The molecule has 4 aromatic carbocycles. The highest BCUT2D eigenvalue weighted by Crippen LogP contribution is 2.58. The van der Waals surface area contributed by atoms with Crippen LogP contribution in [0.1, 0.15) is 146 Å². The van der Waals surface area contributed by atoms with E-state index >= 15 is 0 Å². The van der Waals surface area contributed by atoms with Gasteiger partial charge in [0, 0.05) is 5.92 Å². The van der Waals surface area contributed by atoms with E-state index in [0.717, 1.165) is 18.4 Å². The number of benzene rings is 4. The van der Waals surface area contributed by atoms with E-state index in [1.165, 1.54) is 34.2 Å². The highest BCUT2D eigenvalue weighted by molar-refractivity contribution is 6.62. The molecule has 0 aliphatic carbocycles. The molecular weight excluding hydrogens is 603 g/mol. The molecule has 50 heavy (non-hydrogen) atoms. The molecular formula is C48H67BO. The topological polar surface area (TPSA) is 20.2 Å². The van der Waals surface area contributed by atoms with Crippen molar-refractivity contribution in [1.29, 1.82) is 0 Å². The first kappa shape index (κ1) is 39.7. The lowest BCUT2D eigenvalue weighted by atomic mass is 9.23. The Kier molecular flexibility index (Phi) is 12.8. The second kappa shape index (κ2) is 16.1. The zero-order valence-corrected chi connectivity index (χ0v) is 33.6. The van der Waals surface area contributed by atoms with Gasteiger partial charge in [-0.15, -0.1) is 0 Å². The molecule has 4 unspecified atom stereocenters. The Bertz CT molecular complexity index is 1610. The number of rotatable bonds is 15. The van der Waals surface area contributed by atoms with E-state index in [1.54, 1.807) is 0 Å². The zero-order chi connectivity index (χ0) is 36.9. The molecule has 4 rings (SSSR count). The van der Waals surface area contributed by atoms with Crippen LogP contribution < -0.4 is 0 Å². The minimum atomic E-state index is -0.0663. The summed E-state index contributed by atoms with van der Waals surface area (Å²) in [4.78, 5) is 0. The fourth-order valence-electron chi connectivity index (χ4n) is 8.80. The van der Waals surface area contributed by atoms with Crippen LogP contribution in [0.25, 0.3) is 0 Å². The van der Waals surface area contributed by atoms with Gasteiger partial charge in [-0.05, 0) is 79.9 Å². The van der Waals surface area contributed by atoms with Crippen LogP contribution in [0.15, 0.2) is 109 Å². The summed E-state index contributed by atoms with van der Waals surface area (Å²) < 4.78 is 0. The van der Waals surface area contributed by atoms with E-state index in [-0.39, 0.29) is 34.1 Å². The van der Waals surface area contributed by atoms with Gasteiger partial charge in [-0.25, -0.2) is 0 Å². The summed E-state index contributed by atoms with van der Waals surface area (Å²) in [6.07, 6.45) is 3.34. The van der Waals surface area contributed by atoms with E-state index in [2.05, 4.69) is 186 Å². The summed E-state index contributed by atoms with van der Waals surface area (Å²) in [7, 11) is 0. The lowest BCUT2D eigenvalue weighted by Gasteiger charge is -2.50. The fraction of sp³-hybridized carbons (Fsp3) is 0.500. The van der Waals surface area contributed by atoms with Crippen molar-refractivity contribution in [2.24, 2.45) is 16.7 Å². The monoisotopic (exact) mass is 671 g/mol. The van der Waals surface area contributed by atoms with Crippen molar-refractivity contribution in [2.45, 2.75) is 137 Å². The Balaban J connectivity index is 1.88. The van der Waals surface area contributed by atoms with Gasteiger partial charge < -0.3 is 5.11 Å². The maximum absolute atomic E-state index is 10.1. The highest BCUT2D eigenvalue weighted by Gasteiger charge is 2.49. The quantitative estimate of drug-likeness (QED) is 0.125. The molecule has 0 saturated carbocycles. The third-order valence-electron chi connectivity index (χ3n) is 12.9. The number of aliphatic hydroxyl groups is 1. The van der Waals surface area contributed by atoms with Gasteiger partial charge in [0.25, 0.3) is 0 Å². The molecule has 0 heterocycles. The van der Waals surface area contributed by atoms with Gasteiger partial charge in [-0.2, -0.15) is 0 Å². The average molecular weight is 671 g/mol. The molecule has 0 saturated heterocycles. The van der Waals surface area contributed by atoms with Crippen LogP contribution in [-0.2, 0) is 12.0 Å². The van der Waals surface area contributed by atoms with Crippen LogP contribution in [0, 0.1) is 16.7 Å². The van der Waals surface area contributed by atoms with E-state index in [9.17, 15) is 5.11 Å². The average Bonchev–Trinajstić information content (AvgIpc) is 3.09. The molecule has 0 bridgehead atoms. The predicted molar refractivity (Wildman–Crippen MR) is 220 cm³/mol. The Morgan fingerprint density at radius 3 is 1.66 bits per heavy atom. The van der Waals surface area contributed by atoms with Gasteiger partial charge in [-0.3, -0.25) is 0 Å². The molecule has 4 atom stereocenters. The molecule has 0 aliphatic rings. The van der Waals surface area contributed by atoms with Crippen LogP contribution in [0.2, 0.25) is 12.1 Å². The van der Waals surface area contributed by atoms with Gasteiger partial charge in [0.1, 0.15) is 0 Å². The van der Waals surface area contributed by atoms with Gasteiger partial charge in [0.2, 0.25) is 0 Å². The number of hydrogen-bond donors (Lipinski definition) is 1. The van der Waals surface area contributed by atoms with E-state index < -0.39 is 0 Å². The second-order valence-corrected chi connectivity index (χ2v) is 18.5. The minimum absolute atomic E-state index is 0.00420. The van der Waals surface area contributed by atoms with Crippen LogP contribution in [0.4, 0.5) is 0 Å². The first-order valence-electron chi connectivity index (χ1n) is 19.3. The Morgan fingerprint density at radius 1 is 0.600 bits per heavy atom. The summed E-state index contributed by atoms with van der Waals surface area (Å²) in [6.45, 7) is 29.9. The third-order valence-corrected chi connectivity index (χ3v) is 12.9. The lowest BCUT2D eigenvalue weighted by Crippen LogP contribution is -2.44. The minimum Gasteiger partial charge on any atom is -0.392 e. The summed E-state index contributed by atoms with van der Waals surface area (Å²) in [6, 6.07) is 40.7. The molecule has 1 nitrogen and oxygen atoms in total. The first-order chi connectivity index (χ1) is 23.4. The van der Waals surface area contributed by atoms with Crippen molar-refractivity contribution >= 4 is 6.71 Å². The normalized spacial score (nSPS) is 15.3. The summed E-state index contributed by atoms with van der Waals surface area (Å²) in [5, 5.41) is 10.1. The van der Waals surface area contributed by atoms with Gasteiger partial charge in [0.05, 0.1) is 6.61 Å². The Morgan fingerprint density at radius 2 is 1.14 bits per heavy atom. The van der Waals surface area contributed by atoms with Crippen molar-refractivity contribution < 1.29 is 5.11 Å². The van der Waals surface area contributed by atoms with E-state index in [1.807, 2.05) is 6.07 Å². The molecule has 0 radical (unpaired) electrons. The largest absolute Gasteiger partial charge is 0.392 e. The first-order valence-corrected chi connectivity index (χ1v) is 19.3.